The Labute approximate surface area is 193 Å². The van der Waals surface area contributed by atoms with Crippen LogP contribution in [0.2, 0.25) is 0 Å². The van der Waals surface area contributed by atoms with Crippen molar-refractivity contribution in [1.82, 2.24) is 0 Å². The number of hydrogen-bond donors (Lipinski definition) is 0. The number of rotatable bonds is 10. The zero-order chi connectivity index (χ0) is 22.8. The maximum Gasteiger partial charge on any atom is 0.314 e. The summed E-state index contributed by atoms with van der Waals surface area (Å²) in [6.07, 6.45) is 12.0. The quantitative estimate of drug-likeness (QED) is 0.222. The van der Waals surface area contributed by atoms with Crippen molar-refractivity contribution >= 4 is 5.97 Å². The number of benzene rings is 2. The third-order valence-corrected chi connectivity index (χ3v) is 6.74. The van der Waals surface area contributed by atoms with Gasteiger partial charge in [0.25, 0.3) is 0 Å². The third kappa shape index (κ3) is 6.70. The molecule has 0 N–H and O–H groups in total. The number of esters is 1. The third-order valence-electron chi connectivity index (χ3n) is 6.74. The number of nitriles is 1. The monoisotopic (exact) mass is 431 g/mol. The molecule has 1 fully saturated rings. The van der Waals surface area contributed by atoms with Gasteiger partial charge in [-0.25, -0.2) is 0 Å². The highest BCUT2D eigenvalue weighted by Crippen LogP contribution is 2.37. The van der Waals surface area contributed by atoms with Gasteiger partial charge in [0.15, 0.2) is 0 Å². The number of carbonyl (C=O) groups is 1. The predicted molar refractivity (Wildman–Crippen MR) is 130 cm³/mol. The van der Waals surface area contributed by atoms with Gasteiger partial charge in [0, 0.05) is 0 Å². The molecule has 3 rings (SSSR count). The highest BCUT2D eigenvalue weighted by atomic mass is 16.5. The lowest BCUT2D eigenvalue weighted by atomic mass is 9.78. The molecule has 0 spiro atoms. The van der Waals surface area contributed by atoms with Crippen LogP contribution in [0.1, 0.15) is 99.8 Å². The van der Waals surface area contributed by atoms with E-state index in [1.165, 1.54) is 43.2 Å². The van der Waals surface area contributed by atoms with Crippen LogP contribution in [0.25, 0.3) is 0 Å². The van der Waals surface area contributed by atoms with Gasteiger partial charge in [-0.2, -0.15) is 5.26 Å². The highest BCUT2D eigenvalue weighted by Gasteiger charge is 2.29. The lowest BCUT2D eigenvalue weighted by Gasteiger charge is -2.27. The van der Waals surface area contributed by atoms with E-state index in [9.17, 15) is 10.1 Å². The van der Waals surface area contributed by atoms with Crippen LogP contribution in [-0.4, -0.2) is 5.97 Å². The second kappa shape index (κ2) is 12.4. The standard InChI is InChI=1S/C29H37NO2/c1-3-5-6-7-9-22-10-13-24(14-11-22)25-15-17-26(18-16-25)29(31)32-28-19-12-23(8-4-2)20-27(28)21-30/h10-14,19-20,25-26H,3-9,15-18H2,1-2H3. The molecule has 0 heterocycles. The van der Waals surface area contributed by atoms with E-state index in [-0.39, 0.29) is 11.9 Å². The number of nitrogens with zero attached hydrogens (tertiary/aromatic N) is 1. The van der Waals surface area contributed by atoms with E-state index in [1.54, 1.807) is 6.07 Å². The Morgan fingerprint density at radius 3 is 2.28 bits per heavy atom. The minimum atomic E-state index is -0.189. The van der Waals surface area contributed by atoms with E-state index in [0.29, 0.717) is 17.2 Å². The zero-order valence-corrected chi connectivity index (χ0v) is 19.7. The average Bonchev–Trinajstić information content (AvgIpc) is 2.83. The first-order valence-corrected chi connectivity index (χ1v) is 12.5. The van der Waals surface area contributed by atoms with Crippen LogP contribution in [0.15, 0.2) is 42.5 Å². The van der Waals surface area contributed by atoms with Gasteiger partial charge in [0.2, 0.25) is 0 Å². The van der Waals surface area contributed by atoms with Gasteiger partial charge in [-0.3, -0.25) is 4.79 Å². The van der Waals surface area contributed by atoms with Gasteiger partial charge >= 0.3 is 5.97 Å². The van der Waals surface area contributed by atoms with Crippen molar-refractivity contribution in [1.29, 1.82) is 5.26 Å². The molecule has 0 saturated heterocycles. The second-order valence-corrected chi connectivity index (χ2v) is 9.21. The average molecular weight is 432 g/mol. The van der Waals surface area contributed by atoms with E-state index in [4.69, 9.17) is 4.74 Å². The van der Waals surface area contributed by atoms with E-state index in [0.717, 1.165) is 44.1 Å². The minimum Gasteiger partial charge on any atom is -0.425 e. The van der Waals surface area contributed by atoms with Crippen LogP contribution in [0.4, 0.5) is 0 Å². The van der Waals surface area contributed by atoms with Crippen LogP contribution in [0.3, 0.4) is 0 Å². The van der Waals surface area contributed by atoms with Gasteiger partial charge in [-0.05, 0) is 79.7 Å². The molecule has 1 aliphatic carbocycles. The summed E-state index contributed by atoms with van der Waals surface area (Å²) in [7, 11) is 0. The molecule has 1 saturated carbocycles. The molecule has 0 atom stereocenters. The van der Waals surface area contributed by atoms with E-state index < -0.39 is 0 Å². The van der Waals surface area contributed by atoms with Crippen LogP contribution in [0.5, 0.6) is 5.75 Å². The highest BCUT2D eigenvalue weighted by molar-refractivity contribution is 5.76. The Morgan fingerprint density at radius 1 is 0.906 bits per heavy atom. The van der Waals surface area contributed by atoms with E-state index in [2.05, 4.69) is 44.2 Å². The predicted octanol–water partition coefficient (Wildman–Crippen LogP) is 7.51. The summed E-state index contributed by atoms with van der Waals surface area (Å²) in [6.45, 7) is 4.36. The van der Waals surface area contributed by atoms with Crippen LogP contribution in [0, 0.1) is 17.2 Å². The zero-order valence-electron chi connectivity index (χ0n) is 19.7. The summed E-state index contributed by atoms with van der Waals surface area (Å²) in [4.78, 5) is 12.7. The molecule has 0 unspecified atom stereocenters. The van der Waals surface area contributed by atoms with Crippen molar-refractivity contribution in [2.75, 3.05) is 0 Å². The number of carbonyl (C=O) groups excluding carboxylic acids is 1. The van der Waals surface area contributed by atoms with Crippen LogP contribution < -0.4 is 4.74 Å². The normalized spacial score (nSPS) is 18.2. The van der Waals surface area contributed by atoms with Crippen molar-refractivity contribution in [3.8, 4) is 11.8 Å². The molecule has 0 radical (unpaired) electrons. The first-order valence-electron chi connectivity index (χ1n) is 12.5. The summed E-state index contributed by atoms with van der Waals surface area (Å²) in [5.41, 5.74) is 4.39. The SMILES string of the molecule is CCCCCCc1ccc(C2CCC(C(=O)Oc3ccc(CCC)cc3C#N)CC2)cc1. The van der Waals surface area contributed by atoms with Crippen LogP contribution in [-0.2, 0) is 17.6 Å². The molecule has 0 aromatic heterocycles. The molecular formula is C29H37NO2. The van der Waals surface area contributed by atoms with Gasteiger partial charge in [-0.1, -0.05) is 69.9 Å². The lowest BCUT2D eigenvalue weighted by molar-refractivity contribution is -0.140. The second-order valence-electron chi connectivity index (χ2n) is 9.21. The summed E-state index contributed by atoms with van der Waals surface area (Å²) < 4.78 is 5.66. The number of ether oxygens (including phenoxy) is 1. The lowest BCUT2D eigenvalue weighted by Crippen LogP contribution is -2.25. The fourth-order valence-corrected chi connectivity index (χ4v) is 4.76. The van der Waals surface area contributed by atoms with Gasteiger partial charge < -0.3 is 4.74 Å². The smallest absolute Gasteiger partial charge is 0.314 e. The number of aryl methyl sites for hydroxylation is 2. The van der Waals surface area contributed by atoms with Crippen molar-refractivity contribution in [3.05, 3.63) is 64.7 Å². The van der Waals surface area contributed by atoms with Gasteiger partial charge in [0.1, 0.15) is 11.8 Å². The first-order chi connectivity index (χ1) is 15.6. The molecular weight excluding hydrogens is 394 g/mol. The number of unbranched alkanes of at least 4 members (excludes halogenated alkanes) is 3. The van der Waals surface area contributed by atoms with Crippen LogP contribution >= 0.6 is 0 Å². The molecule has 3 heteroatoms. The van der Waals surface area contributed by atoms with Crippen molar-refractivity contribution in [3.63, 3.8) is 0 Å². The first kappa shape index (κ1) is 24.1. The Bertz CT molecular complexity index is 902. The fourth-order valence-electron chi connectivity index (χ4n) is 4.76. The topological polar surface area (TPSA) is 50.1 Å². The van der Waals surface area contributed by atoms with Gasteiger partial charge in [0.05, 0.1) is 11.5 Å². The molecule has 3 nitrogen and oxygen atoms in total. The molecule has 170 valence electrons. The van der Waals surface area contributed by atoms with Gasteiger partial charge in [-0.15, -0.1) is 0 Å². The Balaban J connectivity index is 1.50. The number of hydrogen-bond acceptors (Lipinski definition) is 3. The Hall–Kier alpha value is -2.60. The summed E-state index contributed by atoms with van der Waals surface area (Å²) >= 11 is 0. The van der Waals surface area contributed by atoms with E-state index in [1.807, 2.05) is 12.1 Å². The Kier molecular flexibility index (Phi) is 9.35. The Morgan fingerprint density at radius 2 is 1.62 bits per heavy atom. The summed E-state index contributed by atoms with van der Waals surface area (Å²) in [6, 6.07) is 16.9. The molecule has 2 aromatic rings. The molecule has 0 bridgehead atoms. The molecule has 1 aliphatic rings. The minimum absolute atomic E-state index is 0.0778. The fraction of sp³-hybridized carbons (Fsp3) is 0.517. The largest absolute Gasteiger partial charge is 0.425 e. The summed E-state index contributed by atoms with van der Waals surface area (Å²) in [5, 5.41) is 9.45. The summed E-state index contributed by atoms with van der Waals surface area (Å²) in [5.74, 6) is 0.654. The molecule has 2 aromatic carbocycles. The van der Waals surface area contributed by atoms with Crippen molar-refractivity contribution in [2.24, 2.45) is 5.92 Å². The molecule has 0 aliphatic heterocycles. The molecule has 32 heavy (non-hydrogen) atoms. The molecule has 0 amide bonds. The van der Waals surface area contributed by atoms with Crippen molar-refractivity contribution in [2.45, 2.75) is 90.4 Å². The van der Waals surface area contributed by atoms with E-state index >= 15 is 0 Å². The van der Waals surface area contributed by atoms with Crippen molar-refractivity contribution < 1.29 is 9.53 Å². The maximum absolute atomic E-state index is 12.7. The maximum atomic E-state index is 12.7.